The molecule has 3 rings (SSSR count). The van der Waals surface area contributed by atoms with Crippen molar-refractivity contribution in [3.05, 3.63) is 65.7 Å². The highest BCUT2D eigenvalue weighted by Gasteiger charge is 2.23. The molecular formula is C23H30N2O3. The SMILES string of the molecule is CC(C)c1ccccc1OCC(O)CN1CCN(C(=O)c2ccccc2)CC1. The smallest absolute Gasteiger partial charge is 0.253 e. The van der Waals surface area contributed by atoms with E-state index in [1.165, 1.54) is 0 Å². The van der Waals surface area contributed by atoms with Crippen molar-refractivity contribution in [2.24, 2.45) is 0 Å². The van der Waals surface area contributed by atoms with E-state index in [4.69, 9.17) is 4.74 Å². The summed E-state index contributed by atoms with van der Waals surface area (Å²) < 4.78 is 5.88. The lowest BCUT2D eigenvalue weighted by molar-refractivity contribution is 0.0402. The molecule has 0 bridgehead atoms. The van der Waals surface area contributed by atoms with Crippen molar-refractivity contribution in [3.8, 4) is 5.75 Å². The molecule has 5 heteroatoms. The Kier molecular flexibility index (Phi) is 7.06. The molecule has 1 heterocycles. The number of carbonyl (C=O) groups excluding carboxylic acids is 1. The maximum absolute atomic E-state index is 12.5. The summed E-state index contributed by atoms with van der Waals surface area (Å²) in [4.78, 5) is 16.6. The van der Waals surface area contributed by atoms with Gasteiger partial charge in [-0.05, 0) is 29.7 Å². The standard InChI is InChI=1S/C23H30N2O3/c1-18(2)21-10-6-7-11-22(21)28-17-20(26)16-24-12-14-25(15-13-24)23(27)19-8-4-3-5-9-19/h3-11,18,20,26H,12-17H2,1-2H3. The highest BCUT2D eigenvalue weighted by atomic mass is 16.5. The summed E-state index contributed by atoms with van der Waals surface area (Å²) in [7, 11) is 0. The minimum Gasteiger partial charge on any atom is -0.491 e. The minimum atomic E-state index is -0.559. The van der Waals surface area contributed by atoms with Gasteiger partial charge in [0.1, 0.15) is 18.5 Å². The average molecular weight is 383 g/mol. The van der Waals surface area contributed by atoms with Crippen molar-refractivity contribution in [1.82, 2.24) is 9.80 Å². The molecule has 2 aromatic rings. The highest BCUT2D eigenvalue weighted by Crippen LogP contribution is 2.25. The fourth-order valence-electron chi connectivity index (χ4n) is 3.52. The topological polar surface area (TPSA) is 53.0 Å². The van der Waals surface area contributed by atoms with Gasteiger partial charge in [0.25, 0.3) is 5.91 Å². The molecule has 0 aliphatic carbocycles. The number of ether oxygens (including phenoxy) is 1. The van der Waals surface area contributed by atoms with Gasteiger partial charge in [-0.25, -0.2) is 0 Å². The fraction of sp³-hybridized carbons (Fsp3) is 0.435. The lowest BCUT2D eigenvalue weighted by Crippen LogP contribution is -2.50. The summed E-state index contributed by atoms with van der Waals surface area (Å²) in [6.07, 6.45) is -0.559. The van der Waals surface area contributed by atoms with Crippen molar-refractivity contribution in [2.75, 3.05) is 39.3 Å². The number of nitrogens with zero attached hydrogens (tertiary/aromatic N) is 2. The van der Waals surface area contributed by atoms with Gasteiger partial charge in [0.15, 0.2) is 0 Å². The van der Waals surface area contributed by atoms with Gasteiger partial charge in [-0.1, -0.05) is 50.2 Å². The average Bonchev–Trinajstić information content (AvgIpc) is 2.73. The van der Waals surface area contributed by atoms with Crippen LogP contribution in [0.5, 0.6) is 5.75 Å². The molecule has 1 fully saturated rings. The molecule has 1 atom stereocenters. The van der Waals surface area contributed by atoms with Gasteiger partial charge < -0.3 is 14.7 Å². The number of β-amino-alcohol motifs (C(OH)–C–C–N with tert-alkyl or cyclic N) is 1. The Morgan fingerprint density at radius 2 is 1.64 bits per heavy atom. The van der Waals surface area contributed by atoms with Crippen molar-refractivity contribution in [2.45, 2.75) is 25.9 Å². The summed E-state index contributed by atoms with van der Waals surface area (Å²) in [6, 6.07) is 17.4. The number of aliphatic hydroxyl groups is 1. The van der Waals surface area contributed by atoms with E-state index in [2.05, 4.69) is 24.8 Å². The molecule has 0 aromatic heterocycles. The van der Waals surface area contributed by atoms with Crippen LogP contribution in [-0.4, -0.2) is 66.2 Å². The number of para-hydroxylation sites is 1. The second-order valence-electron chi connectivity index (χ2n) is 7.62. The molecule has 0 spiro atoms. The van der Waals surface area contributed by atoms with Crippen LogP contribution in [0.3, 0.4) is 0 Å². The first-order valence-corrected chi connectivity index (χ1v) is 10.0. The second-order valence-corrected chi connectivity index (χ2v) is 7.62. The maximum Gasteiger partial charge on any atom is 0.253 e. The Balaban J connectivity index is 1.44. The van der Waals surface area contributed by atoms with Crippen LogP contribution in [-0.2, 0) is 0 Å². The van der Waals surface area contributed by atoms with E-state index in [1.54, 1.807) is 0 Å². The van der Waals surface area contributed by atoms with Gasteiger partial charge in [0, 0.05) is 38.3 Å². The maximum atomic E-state index is 12.5. The molecule has 1 amide bonds. The lowest BCUT2D eigenvalue weighted by Gasteiger charge is -2.35. The predicted molar refractivity (Wildman–Crippen MR) is 111 cm³/mol. The van der Waals surface area contributed by atoms with Crippen LogP contribution in [0.15, 0.2) is 54.6 Å². The molecule has 1 aliphatic heterocycles. The van der Waals surface area contributed by atoms with Crippen LogP contribution in [0.1, 0.15) is 35.7 Å². The van der Waals surface area contributed by atoms with Gasteiger partial charge in [-0.2, -0.15) is 0 Å². The van der Waals surface area contributed by atoms with E-state index in [9.17, 15) is 9.90 Å². The predicted octanol–water partition coefficient (Wildman–Crippen LogP) is 3.01. The van der Waals surface area contributed by atoms with Crippen molar-refractivity contribution in [3.63, 3.8) is 0 Å². The Hall–Kier alpha value is -2.37. The quantitative estimate of drug-likeness (QED) is 0.800. The molecule has 1 N–H and O–H groups in total. The molecule has 1 saturated heterocycles. The molecule has 2 aromatic carbocycles. The third kappa shape index (κ3) is 5.33. The first-order valence-electron chi connectivity index (χ1n) is 10.0. The zero-order valence-corrected chi connectivity index (χ0v) is 16.8. The number of benzene rings is 2. The number of hydrogen-bond acceptors (Lipinski definition) is 4. The van der Waals surface area contributed by atoms with E-state index < -0.39 is 6.10 Å². The van der Waals surface area contributed by atoms with Gasteiger partial charge in [0.2, 0.25) is 0 Å². The molecule has 28 heavy (non-hydrogen) atoms. The fourth-order valence-corrected chi connectivity index (χ4v) is 3.52. The molecule has 0 saturated carbocycles. The Labute approximate surface area is 167 Å². The second kappa shape index (κ2) is 9.71. The van der Waals surface area contributed by atoms with Crippen LogP contribution in [0.2, 0.25) is 0 Å². The largest absolute Gasteiger partial charge is 0.491 e. The van der Waals surface area contributed by atoms with Crippen molar-refractivity contribution in [1.29, 1.82) is 0 Å². The Morgan fingerprint density at radius 1 is 1.00 bits per heavy atom. The summed E-state index contributed by atoms with van der Waals surface area (Å²) in [5.41, 5.74) is 1.89. The molecule has 1 unspecified atom stereocenters. The third-order valence-electron chi connectivity index (χ3n) is 5.12. The zero-order valence-electron chi connectivity index (χ0n) is 16.8. The molecular weight excluding hydrogens is 352 g/mol. The van der Waals surface area contributed by atoms with Crippen LogP contribution in [0.4, 0.5) is 0 Å². The van der Waals surface area contributed by atoms with E-state index in [1.807, 2.05) is 53.4 Å². The van der Waals surface area contributed by atoms with E-state index in [-0.39, 0.29) is 12.5 Å². The summed E-state index contributed by atoms with van der Waals surface area (Å²) in [5, 5.41) is 10.4. The van der Waals surface area contributed by atoms with Gasteiger partial charge in [0.05, 0.1) is 0 Å². The zero-order chi connectivity index (χ0) is 19.9. The Morgan fingerprint density at radius 3 is 2.32 bits per heavy atom. The Bertz CT molecular complexity index is 755. The summed E-state index contributed by atoms with van der Waals surface area (Å²) >= 11 is 0. The van der Waals surface area contributed by atoms with Crippen LogP contribution in [0.25, 0.3) is 0 Å². The lowest BCUT2D eigenvalue weighted by atomic mass is 10.0. The van der Waals surface area contributed by atoms with Gasteiger partial charge in [-0.3, -0.25) is 9.69 Å². The molecule has 0 radical (unpaired) electrons. The van der Waals surface area contributed by atoms with Crippen molar-refractivity contribution < 1.29 is 14.6 Å². The first kappa shape index (κ1) is 20.4. The number of hydrogen-bond donors (Lipinski definition) is 1. The van der Waals surface area contributed by atoms with E-state index in [0.717, 1.165) is 30.0 Å². The number of piperazine rings is 1. The highest BCUT2D eigenvalue weighted by molar-refractivity contribution is 5.94. The number of rotatable bonds is 7. The summed E-state index contributed by atoms with van der Waals surface area (Å²) in [6.45, 7) is 7.97. The number of aliphatic hydroxyl groups excluding tert-OH is 1. The number of amides is 1. The third-order valence-corrected chi connectivity index (χ3v) is 5.12. The normalized spacial score (nSPS) is 16.2. The summed E-state index contributed by atoms with van der Waals surface area (Å²) in [5.74, 6) is 1.30. The number of carbonyl (C=O) groups is 1. The molecule has 150 valence electrons. The van der Waals surface area contributed by atoms with E-state index >= 15 is 0 Å². The monoisotopic (exact) mass is 382 g/mol. The van der Waals surface area contributed by atoms with Gasteiger partial charge in [-0.15, -0.1) is 0 Å². The first-order chi connectivity index (χ1) is 13.5. The minimum absolute atomic E-state index is 0.0782. The molecule has 5 nitrogen and oxygen atoms in total. The molecule has 1 aliphatic rings. The van der Waals surface area contributed by atoms with Crippen LogP contribution >= 0.6 is 0 Å². The van der Waals surface area contributed by atoms with Crippen LogP contribution in [0, 0.1) is 0 Å². The van der Waals surface area contributed by atoms with Gasteiger partial charge >= 0.3 is 0 Å². The van der Waals surface area contributed by atoms with Crippen LogP contribution < -0.4 is 4.74 Å². The van der Waals surface area contributed by atoms with Crippen molar-refractivity contribution >= 4 is 5.91 Å². The van der Waals surface area contributed by atoms with E-state index in [0.29, 0.717) is 25.6 Å².